The van der Waals surface area contributed by atoms with Crippen LogP contribution in [0.3, 0.4) is 0 Å². The Morgan fingerprint density at radius 1 is 1.13 bits per heavy atom. The fraction of sp³-hybridized carbons (Fsp3) is 0.368. The predicted octanol–water partition coefficient (Wildman–Crippen LogP) is 2.45. The van der Waals surface area contributed by atoms with Crippen LogP contribution in [-0.2, 0) is 17.8 Å². The molecule has 0 aromatic heterocycles. The third-order valence-corrected chi connectivity index (χ3v) is 5.14. The molecule has 120 valence electrons. The highest BCUT2D eigenvalue weighted by Crippen LogP contribution is 2.15. The Labute approximate surface area is 138 Å². The van der Waals surface area contributed by atoms with E-state index in [0.717, 1.165) is 40.6 Å². The van der Waals surface area contributed by atoms with Gasteiger partial charge in [-0.05, 0) is 42.5 Å². The summed E-state index contributed by atoms with van der Waals surface area (Å²) in [6.45, 7) is 8.12. The van der Waals surface area contributed by atoms with Crippen LogP contribution >= 0.6 is 0 Å². The fourth-order valence-corrected chi connectivity index (χ4v) is 3.24. The maximum atomic E-state index is 13.4. The van der Waals surface area contributed by atoms with Crippen LogP contribution in [-0.4, -0.2) is 31.5 Å². The highest BCUT2D eigenvalue weighted by Gasteiger charge is 2.30. The first-order chi connectivity index (χ1) is 11.0. The van der Waals surface area contributed by atoms with Crippen molar-refractivity contribution in [3.8, 4) is 0 Å². The van der Waals surface area contributed by atoms with E-state index in [9.17, 15) is 4.39 Å². The van der Waals surface area contributed by atoms with E-state index in [4.69, 9.17) is 4.65 Å². The number of quaternary nitrogens is 1. The molecule has 1 heterocycles. The fourth-order valence-electron chi connectivity index (χ4n) is 3.24. The van der Waals surface area contributed by atoms with E-state index in [0.29, 0.717) is 6.61 Å². The van der Waals surface area contributed by atoms with E-state index in [-0.39, 0.29) is 12.7 Å². The molecule has 0 amide bonds. The van der Waals surface area contributed by atoms with E-state index in [2.05, 4.69) is 45.2 Å². The number of rotatable bonds is 5. The smallest absolute Gasteiger partial charge is 0.362 e. The standard InChI is InChI=1S/C19H24BFNO/c1-4-22(3,5-2)13-15-7-6-8-17(11-15)20-19-10-9-18(21)12-16(19)14-23-20/h6-12H,4-5,13-14H2,1-3H3/q+1. The van der Waals surface area contributed by atoms with Gasteiger partial charge in [0.1, 0.15) is 12.4 Å². The van der Waals surface area contributed by atoms with Crippen LogP contribution < -0.4 is 10.9 Å². The molecule has 0 fully saturated rings. The summed E-state index contributed by atoms with van der Waals surface area (Å²) in [7, 11) is 2.29. The summed E-state index contributed by atoms with van der Waals surface area (Å²) in [6.07, 6.45) is 0. The van der Waals surface area contributed by atoms with Gasteiger partial charge in [0.15, 0.2) is 0 Å². The molecule has 0 atom stereocenters. The molecule has 2 aromatic rings. The van der Waals surface area contributed by atoms with Crippen LogP contribution in [0.1, 0.15) is 25.0 Å². The molecule has 0 N–H and O–H groups in total. The SMILES string of the molecule is CC[N+](C)(CC)Cc1cccc(B2OCc3cc(F)ccc32)c1. The van der Waals surface area contributed by atoms with Gasteiger partial charge in [-0.1, -0.05) is 30.3 Å². The van der Waals surface area contributed by atoms with Gasteiger partial charge in [-0.15, -0.1) is 0 Å². The zero-order chi connectivity index (χ0) is 16.4. The lowest BCUT2D eigenvalue weighted by atomic mass is 9.55. The lowest BCUT2D eigenvalue weighted by Crippen LogP contribution is -2.44. The van der Waals surface area contributed by atoms with Gasteiger partial charge in [0.25, 0.3) is 0 Å². The first-order valence-electron chi connectivity index (χ1n) is 8.37. The summed E-state index contributed by atoms with van der Waals surface area (Å²) in [5, 5.41) is 0. The summed E-state index contributed by atoms with van der Waals surface area (Å²) in [5.74, 6) is -0.194. The summed E-state index contributed by atoms with van der Waals surface area (Å²) in [4.78, 5) is 0. The maximum Gasteiger partial charge on any atom is 0.362 e. The van der Waals surface area contributed by atoms with E-state index in [1.54, 1.807) is 6.07 Å². The minimum absolute atomic E-state index is 0.0763. The summed E-state index contributed by atoms with van der Waals surface area (Å²) < 4.78 is 20.3. The zero-order valence-corrected chi connectivity index (χ0v) is 14.2. The third-order valence-electron chi connectivity index (χ3n) is 5.14. The van der Waals surface area contributed by atoms with Crippen LogP contribution in [0.5, 0.6) is 0 Å². The number of halogens is 1. The van der Waals surface area contributed by atoms with Crippen molar-refractivity contribution in [2.24, 2.45) is 0 Å². The molecule has 0 bridgehead atoms. The maximum absolute atomic E-state index is 13.4. The monoisotopic (exact) mass is 312 g/mol. The Morgan fingerprint density at radius 3 is 2.65 bits per heavy atom. The van der Waals surface area contributed by atoms with Crippen LogP contribution in [0.15, 0.2) is 42.5 Å². The Kier molecular flexibility index (Phi) is 4.56. The average molecular weight is 312 g/mol. The van der Waals surface area contributed by atoms with Crippen LogP contribution in [0.2, 0.25) is 0 Å². The molecular formula is C19H24BFNO+. The minimum Gasteiger partial charge on any atom is -0.423 e. The molecule has 0 radical (unpaired) electrons. The van der Waals surface area contributed by atoms with E-state index in [1.807, 2.05) is 6.07 Å². The number of hydrogen-bond acceptors (Lipinski definition) is 1. The third kappa shape index (κ3) is 3.33. The van der Waals surface area contributed by atoms with Gasteiger partial charge >= 0.3 is 6.92 Å². The largest absolute Gasteiger partial charge is 0.423 e. The lowest BCUT2D eigenvalue weighted by molar-refractivity contribution is -0.919. The van der Waals surface area contributed by atoms with Gasteiger partial charge in [-0.2, -0.15) is 0 Å². The van der Waals surface area contributed by atoms with Crippen molar-refractivity contribution in [2.45, 2.75) is 27.0 Å². The number of benzene rings is 2. The zero-order valence-electron chi connectivity index (χ0n) is 14.2. The first kappa shape index (κ1) is 16.2. The van der Waals surface area contributed by atoms with Crippen LogP contribution in [0, 0.1) is 5.82 Å². The molecule has 3 rings (SSSR count). The molecule has 1 aliphatic heterocycles. The van der Waals surface area contributed by atoms with E-state index in [1.165, 1.54) is 11.6 Å². The predicted molar refractivity (Wildman–Crippen MR) is 93.6 cm³/mol. The van der Waals surface area contributed by atoms with E-state index >= 15 is 0 Å². The van der Waals surface area contributed by atoms with Crippen molar-refractivity contribution < 1.29 is 13.5 Å². The van der Waals surface area contributed by atoms with Crippen LogP contribution in [0.4, 0.5) is 4.39 Å². The second-order valence-electron chi connectivity index (χ2n) is 6.69. The second-order valence-corrected chi connectivity index (χ2v) is 6.69. The average Bonchev–Trinajstić information content (AvgIpc) is 2.98. The van der Waals surface area contributed by atoms with Crippen molar-refractivity contribution in [1.29, 1.82) is 0 Å². The molecule has 23 heavy (non-hydrogen) atoms. The molecule has 0 saturated carbocycles. The van der Waals surface area contributed by atoms with E-state index < -0.39 is 0 Å². The van der Waals surface area contributed by atoms with Crippen LogP contribution in [0.25, 0.3) is 0 Å². The van der Waals surface area contributed by atoms with Gasteiger partial charge in [0, 0.05) is 5.56 Å². The topological polar surface area (TPSA) is 9.23 Å². The van der Waals surface area contributed by atoms with Gasteiger partial charge in [-0.3, -0.25) is 0 Å². The van der Waals surface area contributed by atoms with Crippen molar-refractivity contribution in [3.63, 3.8) is 0 Å². The Hall–Kier alpha value is -1.65. The molecule has 0 spiro atoms. The van der Waals surface area contributed by atoms with Gasteiger partial charge in [0.05, 0.1) is 26.7 Å². The number of fused-ring (bicyclic) bond motifs is 1. The second kappa shape index (κ2) is 6.46. The summed E-state index contributed by atoms with van der Waals surface area (Å²) in [6, 6.07) is 13.6. The quantitative estimate of drug-likeness (QED) is 0.609. The summed E-state index contributed by atoms with van der Waals surface area (Å²) in [5.41, 5.74) is 4.54. The number of hydrogen-bond donors (Lipinski definition) is 0. The Bertz CT molecular complexity index is 700. The normalized spacial score (nSPS) is 14.2. The molecule has 1 aliphatic rings. The van der Waals surface area contributed by atoms with Gasteiger partial charge < -0.3 is 9.14 Å². The molecular weight excluding hydrogens is 288 g/mol. The van der Waals surface area contributed by atoms with Gasteiger partial charge in [-0.25, -0.2) is 4.39 Å². The molecule has 2 aromatic carbocycles. The molecule has 0 aliphatic carbocycles. The molecule has 4 heteroatoms. The molecule has 2 nitrogen and oxygen atoms in total. The Morgan fingerprint density at radius 2 is 1.91 bits per heavy atom. The van der Waals surface area contributed by atoms with Crippen molar-refractivity contribution in [3.05, 3.63) is 59.4 Å². The summed E-state index contributed by atoms with van der Waals surface area (Å²) >= 11 is 0. The highest BCUT2D eigenvalue weighted by atomic mass is 19.1. The first-order valence-corrected chi connectivity index (χ1v) is 8.37. The van der Waals surface area contributed by atoms with Crippen molar-refractivity contribution >= 4 is 17.8 Å². The molecule has 0 unspecified atom stereocenters. The highest BCUT2D eigenvalue weighted by molar-refractivity contribution is 6.81. The van der Waals surface area contributed by atoms with Gasteiger partial charge in [0.2, 0.25) is 0 Å². The van der Waals surface area contributed by atoms with Crippen molar-refractivity contribution in [1.82, 2.24) is 0 Å². The lowest BCUT2D eigenvalue weighted by Gasteiger charge is -2.32. The van der Waals surface area contributed by atoms with Crippen molar-refractivity contribution in [2.75, 3.05) is 20.1 Å². The Balaban J connectivity index is 1.87. The minimum atomic E-state index is -0.194. The molecule has 0 saturated heterocycles. The number of nitrogens with zero attached hydrogens (tertiary/aromatic N) is 1.